The Labute approximate surface area is 160 Å². The molecule has 2 heteroatoms. The standard InChI is InChI=1S/C23H26BrP/c1-19(2)18-20-12-10-11-17-23(20)25(3,24,21-13-6-4-7-14-21)22-15-8-5-9-16-22/h4-17,19H,18H2,1-3H3. The molecule has 0 saturated carbocycles. The molecule has 3 rings (SSSR count). The van der Waals surface area contributed by atoms with Crippen molar-refractivity contribution >= 4 is 36.7 Å². The first-order chi connectivity index (χ1) is 11.9. The molecule has 3 aromatic rings. The van der Waals surface area contributed by atoms with Gasteiger partial charge in [-0.2, -0.15) is 0 Å². The van der Waals surface area contributed by atoms with Gasteiger partial charge in [0.15, 0.2) is 0 Å². The Bertz CT molecular complexity index is 795. The molecule has 0 spiro atoms. The summed E-state index contributed by atoms with van der Waals surface area (Å²) in [5.41, 5.74) is 1.45. The molecule has 25 heavy (non-hydrogen) atoms. The summed E-state index contributed by atoms with van der Waals surface area (Å²) in [5, 5.41) is 1.50. The molecule has 0 aromatic heterocycles. The van der Waals surface area contributed by atoms with E-state index in [1.165, 1.54) is 21.5 Å². The molecule has 0 N–H and O–H groups in total. The number of hydrogen-bond acceptors (Lipinski definition) is 0. The van der Waals surface area contributed by atoms with Crippen molar-refractivity contribution in [3.8, 4) is 0 Å². The van der Waals surface area contributed by atoms with E-state index in [9.17, 15) is 0 Å². The first-order valence-corrected chi connectivity index (χ1v) is 13.6. The van der Waals surface area contributed by atoms with Gasteiger partial charge < -0.3 is 0 Å². The van der Waals surface area contributed by atoms with Crippen LogP contribution in [0.3, 0.4) is 0 Å². The number of hydrogen-bond donors (Lipinski definition) is 0. The number of rotatable bonds is 5. The summed E-state index contributed by atoms with van der Waals surface area (Å²) in [6, 6.07) is 30.8. The van der Waals surface area contributed by atoms with Crippen LogP contribution >= 0.6 is 20.8 Å². The number of halogens is 1. The summed E-state index contributed by atoms with van der Waals surface area (Å²) in [7, 11) is 0. The van der Waals surface area contributed by atoms with E-state index in [0.29, 0.717) is 5.92 Å². The maximum atomic E-state index is 4.39. The molecule has 0 aliphatic carbocycles. The van der Waals surface area contributed by atoms with Gasteiger partial charge in [0.1, 0.15) is 0 Å². The molecule has 0 fully saturated rings. The summed E-state index contributed by atoms with van der Waals surface area (Å²) >= 11 is 4.39. The van der Waals surface area contributed by atoms with Gasteiger partial charge in [0.2, 0.25) is 0 Å². The van der Waals surface area contributed by atoms with Crippen LogP contribution in [-0.4, -0.2) is 6.66 Å². The van der Waals surface area contributed by atoms with Gasteiger partial charge in [0, 0.05) is 0 Å². The van der Waals surface area contributed by atoms with Gasteiger partial charge in [-0.1, -0.05) is 0 Å². The first kappa shape index (κ1) is 18.4. The van der Waals surface area contributed by atoms with E-state index < -0.39 is 5.31 Å². The van der Waals surface area contributed by atoms with E-state index in [1.54, 1.807) is 0 Å². The molecule has 0 nitrogen and oxygen atoms in total. The molecule has 0 atom stereocenters. The van der Waals surface area contributed by atoms with Crippen molar-refractivity contribution in [2.45, 2.75) is 20.3 Å². The average molecular weight is 413 g/mol. The second kappa shape index (κ2) is 7.06. The fourth-order valence-electron chi connectivity index (χ4n) is 3.63. The van der Waals surface area contributed by atoms with E-state index in [0.717, 1.165) is 6.42 Å². The molecule has 0 saturated heterocycles. The van der Waals surface area contributed by atoms with Gasteiger partial charge in [0.05, 0.1) is 0 Å². The summed E-state index contributed by atoms with van der Waals surface area (Å²) in [6.45, 7) is 7.01. The van der Waals surface area contributed by atoms with Crippen LogP contribution in [0.25, 0.3) is 0 Å². The van der Waals surface area contributed by atoms with E-state index in [4.69, 9.17) is 0 Å². The summed E-state index contributed by atoms with van der Waals surface area (Å²) in [6.07, 6.45) is 1.09. The average Bonchev–Trinajstić information content (AvgIpc) is 2.63. The van der Waals surface area contributed by atoms with E-state index in [-0.39, 0.29) is 0 Å². The van der Waals surface area contributed by atoms with Gasteiger partial charge in [-0.3, -0.25) is 0 Å². The van der Waals surface area contributed by atoms with Crippen LogP contribution in [0.5, 0.6) is 0 Å². The second-order valence-electron chi connectivity index (χ2n) is 7.33. The molecule has 0 amide bonds. The Hall–Kier alpha value is -1.43. The summed E-state index contributed by atoms with van der Waals surface area (Å²) in [5.74, 6) is 0.626. The van der Waals surface area contributed by atoms with E-state index in [2.05, 4.69) is 121 Å². The Balaban J connectivity index is 2.35. The fraction of sp³-hybridized carbons (Fsp3) is 0.217. The summed E-state index contributed by atoms with van der Waals surface area (Å²) in [4.78, 5) is 0. The fourth-order valence-corrected chi connectivity index (χ4v) is 10.00. The second-order valence-corrected chi connectivity index (χ2v) is 17.0. The van der Waals surface area contributed by atoms with Crippen molar-refractivity contribution in [2.24, 2.45) is 5.92 Å². The van der Waals surface area contributed by atoms with Crippen molar-refractivity contribution in [2.75, 3.05) is 6.66 Å². The molecular formula is C23H26BrP. The SMILES string of the molecule is CC(C)Cc1ccccc1P(C)(Br)(c1ccccc1)c1ccccc1. The third kappa shape index (κ3) is 3.33. The molecule has 0 bridgehead atoms. The third-order valence-electron chi connectivity index (χ3n) is 4.93. The van der Waals surface area contributed by atoms with Crippen LogP contribution < -0.4 is 15.9 Å². The van der Waals surface area contributed by atoms with Crippen molar-refractivity contribution in [3.63, 3.8) is 0 Å². The van der Waals surface area contributed by atoms with Crippen LogP contribution in [0.1, 0.15) is 19.4 Å². The predicted octanol–water partition coefficient (Wildman–Crippen LogP) is 5.65. The zero-order valence-corrected chi connectivity index (χ0v) is 17.7. The zero-order valence-electron chi connectivity index (χ0n) is 15.2. The predicted molar refractivity (Wildman–Crippen MR) is 119 cm³/mol. The van der Waals surface area contributed by atoms with Crippen molar-refractivity contribution in [1.82, 2.24) is 0 Å². The zero-order chi connectivity index (χ0) is 17.9. The van der Waals surface area contributed by atoms with E-state index in [1.807, 2.05) is 0 Å². The maximum absolute atomic E-state index is 4.39. The molecule has 0 heterocycles. The molecular weight excluding hydrogens is 387 g/mol. The summed E-state index contributed by atoms with van der Waals surface area (Å²) < 4.78 is 0. The first-order valence-electron chi connectivity index (χ1n) is 8.85. The Morgan fingerprint density at radius 1 is 0.720 bits per heavy atom. The number of benzene rings is 3. The van der Waals surface area contributed by atoms with Crippen molar-refractivity contribution in [3.05, 3.63) is 90.5 Å². The molecule has 0 radical (unpaired) electrons. The van der Waals surface area contributed by atoms with Crippen LogP contribution in [0.2, 0.25) is 0 Å². The van der Waals surface area contributed by atoms with E-state index >= 15 is 0 Å². The quantitative estimate of drug-likeness (QED) is 0.474. The minimum absolute atomic E-state index is 0.626. The normalized spacial score (nSPS) is 13.4. The third-order valence-corrected chi connectivity index (χ3v) is 13.2. The van der Waals surface area contributed by atoms with Crippen molar-refractivity contribution in [1.29, 1.82) is 0 Å². The molecule has 3 aromatic carbocycles. The van der Waals surface area contributed by atoms with Gasteiger partial charge in [-0.15, -0.1) is 0 Å². The van der Waals surface area contributed by atoms with Gasteiger partial charge in [-0.25, -0.2) is 0 Å². The molecule has 0 aliphatic heterocycles. The topological polar surface area (TPSA) is 0 Å². The van der Waals surface area contributed by atoms with Crippen LogP contribution in [0.4, 0.5) is 0 Å². The Kier molecular flexibility index (Phi) is 5.19. The minimum atomic E-state index is -2.68. The molecule has 0 aliphatic rings. The van der Waals surface area contributed by atoms with Crippen molar-refractivity contribution < 1.29 is 0 Å². The van der Waals surface area contributed by atoms with Crippen LogP contribution in [-0.2, 0) is 6.42 Å². The monoisotopic (exact) mass is 412 g/mol. The Morgan fingerprint density at radius 2 is 1.16 bits per heavy atom. The van der Waals surface area contributed by atoms with Gasteiger partial charge in [-0.05, 0) is 0 Å². The van der Waals surface area contributed by atoms with Crippen LogP contribution in [0.15, 0.2) is 84.9 Å². The van der Waals surface area contributed by atoms with Gasteiger partial charge >= 0.3 is 160 Å². The Morgan fingerprint density at radius 3 is 1.64 bits per heavy atom. The van der Waals surface area contributed by atoms with Crippen LogP contribution in [0, 0.1) is 5.92 Å². The molecule has 130 valence electrons. The molecule has 0 unspecified atom stereocenters. The van der Waals surface area contributed by atoms with Gasteiger partial charge in [0.25, 0.3) is 0 Å².